The molecule has 1 saturated heterocycles. The fraction of sp³-hybridized carbons (Fsp3) is 0.188. The molecule has 1 fully saturated rings. The smallest absolute Gasteiger partial charge is 0.350 e. The molecule has 3 aromatic rings. The molecule has 4 rings (SSSR count). The monoisotopic (exact) mass is 371 g/mol. The third-order valence-corrected chi connectivity index (χ3v) is 4.48. The Bertz CT molecular complexity index is 1000. The maximum absolute atomic E-state index is 12.0. The van der Waals surface area contributed by atoms with Crippen molar-refractivity contribution in [1.82, 2.24) is 19.8 Å². The summed E-state index contributed by atoms with van der Waals surface area (Å²) < 4.78 is 11.7. The maximum Gasteiger partial charge on any atom is 0.350 e. The number of benzene rings is 1. The molecule has 0 amide bonds. The average Bonchev–Trinajstić information content (AvgIpc) is 3.15. The Labute approximate surface area is 151 Å². The number of rotatable bonds is 3. The summed E-state index contributed by atoms with van der Waals surface area (Å²) >= 11 is 1.37. The highest BCUT2D eigenvalue weighted by atomic mass is 32.1. The Balaban J connectivity index is 1.64. The van der Waals surface area contributed by atoms with E-state index in [-0.39, 0.29) is 5.57 Å². The lowest BCUT2D eigenvalue weighted by Gasteiger charge is -2.29. The molecule has 9 nitrogen and oxygen atoms in total. The number of aromatic nitrogens is 4. The van der Waals surface area contributed by atoms with Gasteiger partial charge in [-0.15, -0.1) is 10.2 Å². The molecule has 0 unspecified atom stereocenters. The van der Waals surface area contributed by atoms with Crippen LogP contribution in [0.1, 0.15) is 13.8 Å². The topological polar surface area (TPSA) is 108 Å². The second-order valence-electron chi connectivity index (χ2n) is 5.89. The molecule has 132 valence electrons. The van der Waals surface area contributed by atoms with Gasteiger partial charge in [-0.1, -0.05) is 23.5 Å². The lowest BCUT2D eigenvalue weighted by molar-refractivity contribution is -0.222. The minimum Gasteiger partial charge on any atom is -0.419 e. The standard InChI is InChI=1S/C16H13N5O4S/c1-16(2)24-13(22)10(14(23)25-16)7-17-11-6-4-3-5-9(11)12-20-21-8-18-19-15(21)26-12/h3-8,17H,1-2H3. The van der Waals surface area contributed by atoms with Gasteiger partial charge in [-0.25, -0.2) is 9.59 Å². The van der Waals surface area contributed by atoms with Gasteiger partial charge in [0.1, 0.15) is 11.3 Å². The Hall–Kier alpha value is -3.27. The van der Waals surface area contributed by atoms with Crippen LogP contribution in [-0.2, 0) is 19.1 Å². The molecule has 0 atom stereocenters. The third kappa shape index (κ3) is 2.90. The lowest BCUT2D eigenvalue weighted by atomic mass is 10.2. The van der Waals surface area contributed by atoms with Crippen molar-refractivity contribution in [2.45, 2.75) is 19.6 Å². The van der Waals surface area contributed by atoms with E-state index < -0.39 is 17.7 Å². The lowest BCUT2D eigenvalue weighted by Crippen LogP contribution is -2.42. The summed E-state index contributed by atoms with van der Waals surface area (Å²) in [6, 6.07) is 7.36. The number of hydrogen-bond acceptors (Lipinski definition) is 9. The van der Waals surface area contributed by atoms with E-state index in [0.29, 0.717) is 15.7 Å². The molecular weight excluding hydrogens is 358 g/mol. The van der Waals surface area contributed by atoms with Crippen LogP contribution in [0.15, 0.2) is 42.4 Å². The van der Waals surface area contributed by atoms with E-state index in [1.165, 1.54) is 37.7 Å². The highest BCUT2D eigenvalue weighted by Gasteiger charge is 2.39. The number of carbonyl (C=O) groups excluding carboxylic acids is 2. The number of para-hydroxylation sites is 1. The number of cyclic esters (lactones) is 2. The van der Waals surface area contributed by atoms with Gasteiger partial charge < -0.3 is 14.8 Å². The Morgan fingerprint density at radius 2 is 1.92 bits per heavy atom. The molecule has 26 heavy (non-hydrogen) atoms. The highest BCUT2D eigenvalue weighted by Crippen LogP contribution is 2.31. The molecule has 1 N–H and O–H groups in total. The first-order valence-electron chi connectivity index (χ1n) is 7.62. The second kappa shape index (κ2) is 5.92. The fourth-order valence-electron chi connectivity index (χ4n) is 2.39. The zero-order valence-corrected chi connectivity index (χ0v) is 14.6. The van der Waals surface area contributed by atoms with E-state index >= 15 is 0 Å². The summed E-state index contributed by atoms with van der Waals surface area (Å²) in [4.78, 5) is 24.7. The van der Waals surface area contributed by atoms with Crippen LogP contribution in [-0.4, -0.2) is 37.5 Å². The number of anilines is 1. The predicted octanol–water partition coefficient (Wildman–Crippen LogP) is 1.98. The van der Waals surface area contributed by atoms with Gasteiger partial charge in [0, 0.05) is 31.3 Å². The van der Waals surface area contributed by atoms with Crippen molar-refractivity contribution >= 4 is 33.9 Å². The molecule has 3 heterocycles. The normalized spacial score (nSPS) is 16.3. The van der Waals surface area contributed by atoms with Crippen molar-refractivity contribution in [2.75, 3.05) is 5.32 Å². The highest BCUT2D eigenvalue weighted by molar-refractivity contribution is 7.19. The second-order valence-corrected chi connectivity index (χ2v) is 6.85. The summed E-state index contributed by atoms with van der Waals surface area (Å²) in [6.07, 6.45) is 2.79. The van der Waals surface area contributed by atoms with Crippen LogP contribution in [0.25, 0.3) is 15.5 Å². The van der Waals surface area contributed by atoms with Crippen LogP contribution in [0.2, 0.25) is 0 Å². The van der Waals surface area contributed by atoms with Gasteiger partial charge >= 0.3 is 11.9 Å². The van der Waals surface area contributed by atoms with Crippen LogP contribution in [0.5, 0.6) is 0 Å². The number of nitrogens with zero attached hydrogens (tertiary/aromatic N) is 4. The fourth-order valence-corrected chi connectivity index (χ4v) is 3.25. The van der Waals surface area contributed by atoms with Crippen LogP contribution in [0, 0.1) is 0 Å². The maximum atomic E-state index is 12.0. The largest absolute Gasteiger partial charge is 0.419 e. The molecule has 1 aliphatic rings. The van der Waals surface area contributed by atoms with Crippen LogP contribution in [0.3, 0.4) is 0 Å². The Morgan fingerprint density at radius 1 is 1.19 bits per heavy atom. The number of fused-ring (bicyclic) bond motifs is 1. The third-order valence-electron chi connectivity index (χ3n) is 3.53. The van der Waals surface area contributed by atoms with Crippen molar-refractivity contribution in [3.63, 3.8) is 0 Å². The van der Waals surface area contributed by atoms with E-state index in [1.54, 1.807) is 10.6 Å². The van der Waals surface area contributed by atoms with Gasteiger partial charge in [-0.05, 0) is 12.1 Å². The summed E-state index contributed by atoms with van der Waals surface area (Å²) in [6.45, 7) is 2.99. The molecule has 10 heteroatoms. The minimum atomic E-state index is -1.27. The SMILES string of the molecule is CC1(C)OC(=O)C(=CNc2ccccc2-c2nn3cnnc3s2)C(=O)O1. The van der Waals surface area contributed by atoms with E-state index in [0.717, 1.165) is 5.56 Å². The number of carbonyl (C=O) groups is 2. The van der Waals surface area contributed by atoms with E-state index in [1.807, 2.05) is 18.2 Å². The zero-order chi connectivity index (χ0) is 18.3. The van der Waals surface area contributed by atoms with Crippen molar-refractivity contribution in [2.24, 2.45) is 0 Å². The van der Waals surface area contributed by atoms with E-state index in [2.05, 4.69) is 20.6 Å². The van der Waals surface area contributed by atoms with Crippen molar-refractivity contribution in [3.8, 4) is 10.6 Å². The quantitative estimate of drug-likeness (QED) is 0.423. The number of esters is 2. The first-order chi connectivity index (χ1) is 12.4. The van der Waals surface area contributed by atoms with Crippen LogP contribution >= 0.6 is 11.3 Å². The average molecular weight is 371 g/mol. The number of hydrogen-bond donors (Lipinski definition) is 1. The van der Waals surface area contributed by atoms with Gasteiger partial charge in [0.25, 0.3) is 5.79 Å². The Kier molecular flexibility index (Phi) is 3.69. The first-order valence-corrected chi connectivity index (χ1v) is 8.44. The zero-order valence-electron chi connectivity index (χ0n) is 13.8. The molecule has 0 saturated carbocycles. The predicted molar refractivity (Wildman–Crippen MR) is 92.1 cm³/mol. The number of nitrogens with one attached hydrogen (secondary N) is 1. The summed E-state index contributed by atoms with van der Waals surface area (Å²) in [5.74, 6) is -2.75. The van der Waals surface area contributed by atoms with Gasteiger partial charge in [0.2, 0.25) is 4.96 Å². The summed E-state index contributed by atoms with van der Waals surface area (Å²) in [7, 11) is 0. The molecule has 0 aliphatic carbocycles. The van der Waals surface area contributed by atoms with Crippen LogP contribution in [0.4, 0.5) is 5.69 Å². The Morgan fingerprint density at radius 3 is 2.65 bits per heavy atom. The minimum absolute atomic E-state index is 0.211. The van der Waals surface area contributed by atoms with E-state index in [4.69, 9.17) is 9.47 Å². The summed E-state index contributed by atoms with van der Waals surface area (Å²) in [5.41, 5.74) is 1.24. The van der Waals surface area contributed by atoms with E-state index in [9.17, 15) is 9.59 Å². The molecular formula is C16H13N5O4S. The van der Waals surface area contributed by atoms with Gasteiger partial charge in [-0.3, -0.25) is 0 Å². The van der Waals surface area contributed by atoms with Crippen molar-refractivity contribution in [1.29, 1.82) is 0 Å². The number of ether oxygens (including phenoxy) is 2. The molecule has 2 aromatic heterocycles. The van der Waals surface area contributed by atoms with Crippen LogP contribution < -0.4 is 5.32 Å². The molecule has 1 aromatic carbocycles. The molecule has 1 aliphatic heterocycles. The van der Waals surface area contributed by atoms with Gasteiger partial charge in [0.05, 0.1) is 0 Å². The van der Waals surface area contributed by atoms with Gasteiger partial charge in [-0.2, -0.15) is 9.61 Å². The first kappa shape index (κ1) is 16.2. The van der Waals surface area contributed by atoms with Crippen molar-refractivity contribution < 1.29 is 19.1 Å². The summed E-state index contributed by atoms with van der Waals surface area (Å²) in [5, 5.41) is 15.8. The molecule has 0 radical (unpaired) electrons. The van der Waals surface area contributed by atoms with Crippen molar-refractivity contribution in [3.05, 3.63) is 42.4 Å². The molecule has 0 bridgehead atoms. The molecule has 0 spiro atoms. The van der Waals surface area contributed by atoms with Gasteiger partial charge in [0.15, 0.2) is 5.57 Å².